The van der Waals surface area contributed by atoms with Crippen molar-refractivity contribution in [2.24, 2.45) is 5.92 Å². The van der Waals surface area contributed by atoms with Gasteiger partial charge in [-0.2, -0.15) is 0 Å². The highest BCUT2D eigenvalue weighted by molar-refractivity contribution is 5.68. The molecule has 0 saturated heterocycles. The van der Waals surface area contributed by atoms with E-state index in [9.17, 15) is 4.79 Å². The van der Waals surface area contributed by atoms with Crippen molar-refractivity contribution >= 4 is 6.09 Å². The van der Waals surface area contributed by atoms with Crippen molar-refractivity contribution in [3.8, 4) is 0 Å². The fourth-order valence-electron chi connectivity index (χ4n) is 1.99. The first-order valence-corrected chi connectivity index (χ1v) is 5.88. The highest BCUT2D eigenvalue weighted by Gasteiger charge is 2.25. The molecule has 1 aliphatic rings. The fraction of sp³-hybridized carbons (Fsp3) is 0.917. The van der Waals surface area contributed by atoms with E-state index in [-0.39, 0.29) is 6.09 Å². The first-order valence-electron chi connectivity index (χ1n) is 5.88. The van der Waals surface area contributed by atoms with Gasteiger partial charge in [0.15, 0.2) is 0 Å². The summed E-state index contributed by atoms with van der Waals surface area (Å²) in [6.07, 6.45) is 4.51. The van der Waals surface area contributed by atoms with Crippen molar-refractivity contribution in [1.29, 1.82) is 0 Å². The molecule has 0 aromatic rings. The number of ether oxygens (including phenoxy) is 1. The maximum Gasteiger partial charge on any atom is 0.407 e. The van der Waals surface area contributed by atoms with Crippen molar-refractivity contribution in [2.75, 3.05) is 0 Å². The van der Waals surface area contributed by atoms with Crippen molar-refractivity contribution in [3.63, 3.8) is 0 Å². The van der Waals surface area contributed by atoms with Gasteiger partial charge in [0.1, 0.15) is 5.60 Å². The second-order valence-corrected chi connectivity index (χ2v) is 5.51. The number of carbonyl (C=O) groups excluding carboxylic acids is 1. The maximum absolute atomic E-state index is 11.5. The van der Waals surface area contributed by atoms with Crippen LogP contribution in [0.25, 0.3) is 0 Å². The summed E-state index contributed by atoms with van der Waals surface area (Å²) in [4.78, 5) is 11.5. The van der Waals surface area contributed by atoms with Crippen LogP contribution in [0.15, 0.2) is 0 Å². The predicted molar refractivity (Wildman–Crippen MR) is 60.8 cm³/mol. The van der Waals surface area contributed by atoms with Gasteiger partial charge in [0, 0.05) is 6.04 Å². The van der Waals surface area contributed by atoms with E-state index in [1.54, 1.807) is 0 Å². The number of alkyl carbamates (subject to hydrolysis) is 1. The Balaban J connectivity index is 2.36. The van der Waals surface area contributed by atoms with Crippen LogP contribution in [0.4, 0.5) is 4.79 Å². The summed E-state index contributed by atoms with van der Waals surface area (Å²) in [5.74, 6) is 0.575. The molecule has 3 heteroatoms. The number of amides is 1. The topological polar surface area (TPSA) is 38.3 Å². The maximum atomic E-state index is 11.5. The average Bonchev–Trinajstić information content (AvgIpc) is 2.05. The SMILES string of the molecule is CC1CCCCC1NC(=O)OC(C)(C)C. The Morgan fingerprint density at radius 1 is 1.27 bits per heavy atom. The Bertz CT molecular complexity index is 220. The molecule has 2 unspecified atom stereocenters. The molecule has 0 aromatic heterocycles. The minimum absolute atomic E-state index is 0.277. The first-order chi connectivity index (χ1) is 6.88. The lowest BCUT2D eigenvalue weighted by molar-refractivity contribution is 0.0473. The number of rotatable bonds is 1. The molecule has 1 amide bonds. The third-order valence-corrected chi connectivity index (χ3v) is 2.81. The molecule has 0 bridgehead atoms. The van der Waals surface area contributed by atoms with Crippen molar-refractivity contribution in [3.05, 3.63) is 0 Å². The van der Waals surface area contributed by atoms with Crippen LogP contribution in [-0.4, -0.2) is 17.7 Å². The zero-order valence-corrected chi connectivity index (χ0v) is 10.3. The van der Waals surface area contributed by atoms with Gasteiger partial charge in [-0.3, -0.25) is 0 Å². The van der Waals surface area contributed by atoms with E-state index in [0.29, 0.717) is 12.0 Å². The second-order valence-electron chi connectivity index (χ2n) is 5.51. The van der Waals surface area contributed by atoms with Gasteiger partial charge in [-0.05, 0) is 39.5 Å². The first kappa shape index (κ1) is 12.3. The third-order valence-electron chi connectivity index (χ3n) is 2.81. The van der Waals surface area contributed by atoms with Crippen LogP contribution < -0.4 is 5.32 Å². The van der Waals surface area contributed by atoms with Gasteiger partial charge >= 0.3 is 6.09 Å². The normalized spacial score (nSPS) is 27.2. The monoisotopic (exact) mass is 213 g/mol. The van der Waals surface area contributed by atoms with Crippen molar-refractivity contribution in [2.45, 2.75) is 65.0 Å². The number of hydrogen-bond acceptors (Lipinski definition) is 2. The molecule has 15 heavy (non-hydrogen) atoms. The van der Waals surface area contributed by atoms with Crippen LogP contribution in [0.2, 0.25) is 0 Å². The van der Waals surface area contributed by atoms with Crippen LogP contribution in [0, 0.1) is 5.92 Å². The van der Waals surface area contributed by atoms with Crippen LogP contribution in [-0.2, 0) is 4.74 Å². The molecule has 1 N–H and O–H groups in total. The molecular weight excluding hydrogens is 190 g/mol. The van der Waals surface area contributed by atoms with E-state index >= 15 is 0 Å². The Labute approximate surface area is 92.6 Å². The van der Waals surface area contributed by atoms with E-state index < -0.39 is 5.60 Å². The smallest absolute Gasteiger partial charge is 0.407 e. The van der Waals surface area contributed by atoms with E-state index in [2.05, 4.69) is 12.2 Å². The van der Waals surface area contributed by atoms with E-state index in [1.165, 1.54) is 19.3 Å². The molecule has 0 aliphatic heterocycles. The molecule has 0 aromatic carbocycles. The number of nitrogens with one attached hydrogen (secondary N) is 1. The molecule has 0 spiro atoms. The Morgan fingerprint density at radius 3 is 2.40 bits per heavy atom. The lowest BCUT2D eigenvalue weighted by Gasteiger charge is -2.30. The van der Waals surface area contributed by atoms with Gasteiger partial charge < -0.3 is 10.1 Å². The van der Waals surface area contributed by atoms with Crippen LogP contribution in [0.5, 0.6) is 0 Å². The van der Waals surface area contributed by atoms with Gasteiger partial charge in [-0.1, -0.05) is 19.8 Å². The van der Waals surface area contributed by atoms with Crippen LogP contribution in [0.1, 0.15) is 53.4 Å². The minimum atomic E-state index is -0.401. The summed E-state index contributed by atoms with van der Waals surface area (Å²) in [7, 11) is 0. The van der Waals surface area contributed by atoms with Crippen LogP contribution in [0.3, 0.4) is 0 Å². The molecular formula is C12H23NO2. The zero-order chi connectivity index (χ0) is 11.5. The second kappa shape index (κ2) is 4.86. The Kier molecular flexibility index (Phi) is 4.00. The summed E-state index contributed by atoms with van der Waals surface area (Å²) in [5, 5.41) is 2.96. The summed E-state index contributed by atoms with van der Waals surface area (Å²) in [5.41, 5.74) is -0.401. The lowest BCUT2D eigenvalue weighted by Crippen LogP contribution is -2.43. The molecule has 2 atom stereocenters. The van der Waals surface area contributed by atoms with Gasteiger partial charge in [0.2, 0.25) is 0 Å². The Hall–Kier alpha value is -0.730. The summed E-state index contributed by atoms with van der Waals surface area (Å²) < 4.78 is 5.24. The van der Waals surface area contributed by atoms with Gasteiger partial charge in [0.05, 0.1) is 0 Å². The summed E-state index contributed by atoms with van der Waals surface area (Å²) in [6.45, 7) is 7.85. The highest BCUT2D eigenvalue weighted by atomic mass is 16.6. The summed E-state index contributed by atoms with van der Waals surface area (Å²) >= 11 is 0. The largest absolute Gasteiger partial charge is 0.444 e. The van der Waals surface area contributed by atoms with E-state index in [0.717, 1.165) is 6.42 Å². The van der Waals surface area contributed by atoms with Crippen molar-refractivity contribution < 1.29 is 9.53 Å². The van der Waals surface area contributed by atoms with Gasteiger partial charge in [-0.15, -0.1) is 0 Å². The van der Waals surface area contributed by atoms with Gasteiger partial charge in [-0.25, -0.2) is 4.79 Å². The molecule has 3 nitrogen and oxygen atoms in total. The van der Waals surface area contributed by atoms with Crippen LogP contribution >= 0.6 is 0 Å². The Morgan fingerprint density at radius 2 is 1.87 bits per heavy atom. The minimum Gasteiger partial charge on any atom is -0.444 e. The third kappa shape index (κ3) is 4.54. The molecule has 1 rings (SSSR count). The molecule has 0 heterocycles. The lowest BCUT2D eigenvalue weighted by atomic mass is 9.86. The number of hydrogen-bond donors (Lipinski definition) is 1. The molecule has 0 radical (unpaired) electrons. The van der Waals surface area contributed by atoms with E-state index in [1.807, 2.05) is 20.8 Å². The number of carbonyl (C=O) groups is 1. The van der Waals surface area contributed by atoms with E-state index in [4.69, 9.17) is 4.74 Å². The molecule has 1 aliphatic carbocycles. The quantitative estimate of drug-likeness (QED) is 0.727. The fourth-order valence-corrected chi connectivity index (χ4v) is 1.99. The standard InChI is InChI=1S/C12H23NO2/c1-9-7-5-6-8-10(9)13-11(14)15-12(2,3)4/h9-10H,5-8H2,1-4H3,(H,13,14). The molecule has 1 fully saturated rings. The highest BCUT2D eigenvalue weighted by Crippen LogP contribution is 2.23. The zero-order valence-electron chi connectivity index (χ0n) is 10.3. The predicted octanol–water partition coefficient (Wildman–Crippen LogP) is 3.09. The van der Waals surface area contributed by atoms with Crippen molar-refractivity contribution in [1.82, 2.24) is 5.32 Å². The average molecular weight is 213 g/mol. The summed E-state index contributed by atoms with van der Waals surface area (Å²) in [6, 6.07) is 0.300. The molecule has 1 saturated carbocycles. The van der Waals surface area contributed by atoms with Gasteiger partial charge in [0.25, 0.3) is 0 Å². The molecule has 88 valence electrons.